The second-order valence-corrected chi connectivity index (χ2v) is 2.95. The van der Waals surface area contributed by atoms with Crippen LogP contribution in [0.5, 0.6) is 0 Å². The lowest BCUT2D eigenvalue weighted by molar-refractivity contribution is -0.160. The average molecular weight is 224 g/mol. The summed E-state index contributed by atoms with van der Waals surface area (Å²) in [7, 11) is 2.41. The third-order valence-electron chi connectivity index (χ3n) is 1.89. The van der Waals surface area contributed by atoms with Gasteiger partial charge in [0.05, 0.1) is 14.2 Å². The van der Waals surface area contributed by atoms with Crippen molar-refractivity contribution in [1.82, 2.24) is 0 Å². The minimum atomic E-state index is -1.64. The van der Waals surface area contributed by atoms with Crippen LogP contribution in [0.2, 0.25) is 0 Å². The lowest BCUT2D eigenvalue weighted by atomic mass is 9.88. The number of carbonyl (C=O) groups is 2. The molecule has 0 aromatic carbocycles. The Bertz CT molecular complexity index is 328. The maximum absolute atomic E-state index is 11.7. The SMILES string of the molecule is CC=CC(C#CCC)(C(=O)OC)C(=O)OC. The molecule has 0 saturated heterocycles. The number of methoxy groups -OCH3 is 2. The summed E-state index contributed by atoms with van der Waals surface area (Å²) in [4.78, 5) is 23.3. The normalized spacial score (nSPS) is 10.5. The molecule has 0 heterocycles. The number of rotatable bonds is 3. The van der Waals surface area contributed by atoms with Crippen molar-refractivity contribution in [3.63, 3.8) is 0 Å². The predicted octanol–water partition coefficient (Wildman–Crippen LogP) is 1.31. The van der Waals surface area contributed by atoms with Crippen molar-refractivity contribution in [3.05, 3.63) is 12.2 Å². The van der Waals surface area contributed by atoms with Crippen molar-refractivity contribution in [1.29, 1.82) is 0 Å². The van der Waals surface area contributed by atoms with Crippen LogP contribution in [0.4, 0.5) is 0 Å². The molecule has 0 bridgehead atoms. The van der Waals surface area contributed by atoms with Crippen molar-refractivity contribution < 1.29 is 19.1 Å². The molecule has 0 aromatic rings. The maximum Gasteiger partial charge on any atom is 0.339 e. The summed E-state index contributed by atoms with van der Waals surface area (Å²) in [5.41, 5.74) is -1.64. The topological polar surface area (TPSA) is 52.6 Å². The molecule has 0 N–H and O–H groups in total. The van der Waals surface area contributed by atoms with E-state index in [4.69, 9.17) is 0 Å². The van der Waals surface area contributed by atoms with Gasteiger partial charge < -0.3 is 9.47 Å². The number of ether oxygens (including phenoxy) is 2. The number of allylic oxidation sites excluding steroid dienone is 1. The van der Waals surface area contributed by atoms with E-state index in [-0.39, 0.29) is 0 Å². The zero-order valence-corrected chi connectivity index (χ0v) is 9.99. The van der Waals surface area contributed by atoms with Gasteiger partial charge in [0.1, 0.15) is 0 Å². The van der Waals surface area contributed by atoms with Crippen molar-refractivity contribution >= 4 is 11.9 Å². The van der Waals surface area contributed by atoms with Crippen LogP contribution < -0.4 is 0 Å². The summed E-state index contributed by atoms with van der Waals surface area (Å²) < 4.78 is 9.19. The van der Waals surface area contributed by atoms with Crippen LogP contribution in [-0.4, -0.2) is 26.2 Å². The van der Waals surface area contributed by atoms with Gasteiger partial charge in [0.15, 0.2) is 0 Å². The summed E-state index contributed by atoms with van der Waals surface area (Å²) in [5, 5.41) is 0. The minimum Gasteiger partial charge on any atom is -0.467 e. The Balaban J connectivity index is 5.57. The fraction of sp³-hybridized carbons (Fsp3) is 0.500. The Hall–Kier alpha value is -1.76. The molecule has 0 unspecified atom stereocenters. The Morgan fingerprint density at radius 1 is 1.25 bits per heavy atom. The van der Waals surface area contributed by atoms with E-state index in [0.717, 1.165) is 0 Å². The van der Waals surface area contributed by atoms with Gasteiger partial charge in [0.2, 0.25) is 5.41 Å². The lowest BCUT2D eigenvalue weighted by Gasteiger charge is -2.18. The lowest BCUT2D eigenvalue weighted by Crippen LogP contribution is -2.38. The zero-order valence-electron chi connectivity index (χ0n) is 9.99. The first-order valence-electron chi connectivity index (χ1n) is 4.89. The van der Waals surface area contributed by atoms with Gasteiger partial charge in [0, 0.05) is 6.42 Å². The number of carbonyl (C=O) groups excluding carboxylic acids is 2. The summed E-state index contributed by atoms with van der Waals surface area (Å²) in [6.07, 6.45) is 3.48. The Labute approximate surface area is 95.6 Å². The Morgan fingerprint density at radius 3 is 2.06 bits per heavy atom. The van der Waals surface area contributed by atoms with E-state index in [1.165, 1.54) is 20.3 Å². The predicted molar refractivity (Wildman–Crippen MR) is 59.3 cm³/mol. The van der Waals surface area contributed by atoms with Crippen molar-refractivity contribution in [3.8, 4) is 11.8 Å². The summed E-state index contributed by atoms with van der Waals surface area (Å²) in [5.74, 6) is 3.83. The molecule has 0 rings (SSSR count). The molecule has 0 saturated carbocycles. The number of hydrogen-bond donors (Lipinski definition) is 0. The molecule has 4 heteroatoms. The van der Waals surface area contributed by atoms with Crippen LogP contribution in [0.3, 0.4) is 0 Å². The first kappa shape index (κ1) is 14.2. The zero-order chi connectivity index (χ0) is 12.6. The van der Waals surface area contributed by atoms with Crippen molar-refractivity contribution in [2.45, 2.75) is 20.3 Å². The molecular weight excluding hydrogens is 208 g/mol. The van der Waals surface area contributed by atoms with E-state index in [1.807, 2.05) is 6.92 Å². The molecule has 0 atom stereocenters. The standard InChI is InChI=1S/C12H16O4/c1-5-7-9-12(8-6-2,10(13)15-3)11(14)16-4/h6,8H,5H2,1-4H3. The van der Waals surface area contributed by atoms with Crippen LogP contribution >= 0.6 is 0 Å². The van der Waals surface area contributed by atoms with E-state index < -0.39 is 17.4 Å². The number of esters is 2. The fourth-order valence-electron chi connectivity index (χ4n) is 1.16. The second kappa shape index (κ2) is 6.67. The van der Waals surface area contributed by atoms with Crippen LogP contribution in [0.25, 0.3) is 0 Å². The molecule has 0 fully saturated rings. The molecule has 4 nitrogen and oxygen atoms in total. The first-order chi connectivity index (χ1) is 7.58. The molecule has 0 radical (unpaired) electrons. The quantitative estimate of drug-likeness (QED) is 0.314. The molecule has 0 aliphatic heterocycles. The van der Waals surface area contributed by atoms with Crippen molar-refractivity contribution in [2.75, 3.05) is 14.2 Å². The fourth-order valence-corrected chi connectivity index (χ4v) is 1.16. The molecule has 0 aliphatic carbocycles. The maximum atomic E-state index is 11.7. The minimum absolute atomic E-state index is 0.535. The average Bonchev–Trinajstić information content (AvgIpc) is 2.32. The highest BCUT2D eigenvalue weighted by atomic mass is 16.5. The first-order valence-corrected chi connectivity index (χ1v) is 4.89. The van der Waals surface area contributed by atoms with E-state index in [0.29, 0.717) is 6.42 Å². The Morgan fingerprint density at radius 2 is 1.75 bits per heavy atom. The third-order valence-corrected chi connectivity index (χ3v) is 1.89. The summed E-state index contributed by atoms with van der Waals surface area (Å²) in [6.45, 7) is 3.51. The molecule has 0 aliphatic rings. The molecular formula is C12H16O4. The van der Waals surface area contributed by atoms with Gasteiger partial charge in [-0.15, -0.1) is 5.92 Å². The number of hydrogen-bond acceptors (Lipinski definition) is 4. The highest BCUT2D eigenvalue weighted by Gasteiger charge is 2.44. The van der Waals surface area contributed by atoms with Gasteiger partial charge in [-0.3, -0.25) is 0 Å². The van der Waals surface area contributed by atoms with Gasteiger partial charge in [-0.25, -0.2) is 9.59 Å². The molecule has 0 aromatic heterocycles. The van der Waals surface area contributed by atoms with Gasteiger partial charge in [-0.05, 0) is 13.0 Å². The van der Waals surface area contributed by atoms with Gasteiger partial charge in [0.25, 0.3) is 0 Å². The highest BCUT2D eigenvalue weighted by molar-refractivity contribution is 6.05. The summed E-state index contributed by atoms with van der Waals surface area (Å²) >= 11 is 0. The molecule has 16 heavy (non-hydrogen) atoms. The van der Waals surface area contributed by atoms with Crippen LogP contribution in [0, 0.1) is 17.3 Å². The summed E-state index contributed by atoms with van der Waals surface area (Å²) in [6, 6.07) is 0. The van der Waals surface area contributed by atoms with Gasteiger partial charge >= 0.3 is 11.9 Å². The van der Waals surface area contributed by atoms with Crippen LogP contribution in [-0.2, 0) is 19.1 Å². The van der Waals surface area contributed by atoms with Crippen LogP contribution in [0.1, 0.15) is 20.3 Å². The largest absolute Gasteiger partial charge is 0.467 e. The smallest absolute Gasteiger partial charge is 0.339 e. The van der Waals surface area contributed by atoms with E-state index in [2.05, 4.69) is 21.3 Å². The third kappa shape index (κ3) is 2.86. The molecule has 0 amide bonds. The molecule has 88 valence electrons. The van der Waals surface area contributed by atoms with Gasteiger partial charge in [-0.2, -0.15) is 0 Å². The second-order valence-electron chi connectivity index (χ2n) is 2.95. The van der Waals surface area contributed by atoms with Crippen LogP contribution in [0.15, 0.2) is 12.2 Å². The van der Waals surface area contributed by atoms with Gasteiger partial charge in [-0.1, -0.05) is 18.9 Å². The molecule has 0 spiro atoms. The Kier molecular flexibility index (Phi) is 5.94. The van der Waals surface area contributed by atoms with E-state index >= 15 is 0 Å². The highest BCUT2D eigenvalue weighted by Crippen LogP contribution is 2.22. The monoisotopic (exact) mass is 224 g/mol. The van der Waals surface area contributed by atoms with E-state index in [1.54, 1.807) is 13.0 Å². The van der Waals surface area contributed by atoms with E-state index in [9.17, 15) is 9.59 Å². The van der Waals surface area contributed by atoms with Crippen molar-refractivity contribution in [2.24, 2.45) is 5.41 Å².